The third-order valence-electron chi connectivity index (χ3n) is 1.98. The monoisotopic (exact) mass is 282 g/mol. The van der Waals surface area contributed by atoms with Gasteiger partial charge in [-0.15, -0.1) is 0 Å². The lowest BCUT2D eigenvalue weighted by Crippen LogP contribution is -2.08. The molecule has 0 amide bonds. The summed E-state index contributed by atoms with van der Waals surface area (Å²) in [5.41, 5.74) is -0.391. The van der Waals surface area contributed by atoms with Crippen molar-refractivity contribution in [1.82, 2.24) is 0 Å². The molecule has 1 rings (SSSR count). The van der Waals surface area contributed by atoms with Crippen LogP contribution < -0.4 is 0 Å². The van der Waals surface area contributed by atoms with Gasteiger partial charge in [-0.3, -0.25) is 0 Å². The summed E-state index contributed by atoms with van der Waals surface area (Å²) in [6.45, 7) is 1.45. The average molecular weight is 283 g/mol. The number of aromatic carboxylic acids is 1. The van der Waals surface area contributed by atoms with Crippen LogP contribution in [0.1, 0.15) is 17.3 Å². The molecular formula is C9H8Cl2O4S. The third kappa shape index (κ3) is 2.31. The van der Waals surface area contributed by atoms with Gasteiger partial charge in [-0.05, 0) is 12.1 Å². The Kier molecular flexibility index (Phi) is 3.83. The largest absolute Gasteiger partial charge is 0.478 e. The standard InChI is InChI=1S/C9H8Cl2O4S/c1-2-16(14,15)6-4-3-5(10)7(8(6)11)9(12)13/h3-4H,2H2,1H3,(H,12,13). The van der Waals surface area contributed by atoms with Crippen LogP contribution in [0.3, 0.4) is 0 Å². The SMILES string of the molecule is CCS(=O)(=O)c1ccc(Cl)c(C(=O)O)c1Cl. The minimum absolute atomic E-state index is 0.0902. The Morgan fingerprint density at radius 3 is 2.38 bits per heavy atom. The van der Waals surface area contributed by atoms with Gasteiger partial charge in [0.1, 0.15) is 0 Å². The first-order valence-corrected chi connectivity index (χ1v) is 6.66. The van der Waals surface area contributed by atoms with E-state index in [9.17, 15) is 13.2 Å². The van der Waals surface area contributed by atoms with Crippen molar-refractivity contribution in [3.8, 4) is 0 Å². The maximum Gasteiger partial charge on any atom is 0.338 e. The molecule has 0 heterocycles. The molecule has 0 bridgehead atoms. The highest BCUT2D eigenvalue weighted by atomic mass is 35.5. The summed E-state index contributed by atoms with van der Waals surface area (Å²) in [5.74, 6) is -1.52. The van der Waals surface area contributed by atoms with Crippen LogP contribution in [-0.4, -0.2) is 25.2 Å². The Labute approximate surface area is 103 Å². The van der Waals surface area contributed by atoms with Gasteiger partial charge in [-0.1, -0.05) is 30.1 Å². The van der Waals surface area contributed by atoms with Crippen LogP contribution in [0.4, 0.5) is 0 Å². The first-order valence-electron chi connectivity index (χ1n) is 4.25. The smallest absolute Gasteiger partial charge is 0.338 e. The number of hydrogen-bond donors (Lipinski definition) is 1. The predicted molar refractivity (Wildman–Crippen MR) is 61.1 cm³/mol. The zero-order chi connectivity index (χ0) is 12.5. The summed E-state index contributed by atoms with van der Waals surface area (Å²) in [6.07, 6.45) is 0. The van der Waals surface area contributed by atoms with Gasteiger partial charge in [0, 0.05) is 0 Å². The quantitative estimate of drug-likeness (QED) is 0.925. The number of carboxylic acid groups (broad SMARTS) is 1. The predicted octanol–water partition coefficient (Wildman–Crippen LogP) is 2.49. The Morgan fingerprint density at radius 2 is 1.94 bits per heavy atom. The van der Waals surface area contributed by atoms with Crippen LogP contribution in [0.15, 0.2) is 17.0 Å². The summed E-state index contributed by atoms with van der Waals surface area (Å²) < 4.78 is 23.2. The van der Waals surface area contributed by atoms with Crippen LogP contribution in [0, 0.1) is 0 Å². The van der Waals surface area contributed by atoms with Gasteiger partial charge in [0.25, 0.3) is 0 Å². The summed E-state index contributed by atoms with van der Waals surface area (Å²) in [7, 11) is -3.56. The van der Waals surface area contributed by atoms with Gasteiger partial charge in [0.05, 0.1) is 26.3 Å². The fourth-order valence-corrected chi connectivity index (χ4v) is 2.97. The molecule has 1 aromatic carbocycles. The molecule has 0 saturated carbocycles. The van der Waals surface area contributed by atoms with Crippen molar-refractivity contribution < 1.29 is 18.3 Å². The molecule has 0 aliphatic rings. The Morgan fingerprint density at radius 1 is 1.38 bits per heavy atom. The lowest BCUT2D eigenvalue weighted by atomic mass is 10.2. The number of rotatable bonds is 3. The highest BCUT2D eigenvalue weighted by Gasteiger charge is 2.23. The molecule has 0 aromatic heterocycles. The van der Waals surface area contributed by atoms with Crippen LogP contribution in [-0.2, 0) is 9.84 Å². The average Bonchev–Trinajstić information content (AvgIpc) is 2.16. The second kappa shape index (κ2) is 4.61. The summed E-state index contributed by atoms with van der Waals surface area (Å²) in [6, 6.07) is 2.41. The fraction of sp³-hybridized carbons (Fsp3) is 0.222. The van der Waals surface area contributed by atoms with E-state index >= 15 is 0 Å². The van der Waals surface area contributed by atoms with Crippen LogP contribution in [0.25, 0.3) is 0 Å². The summed E-state index contributed by atoms with van der Waals surface area (Å²) in [4.78, 5) is 10.6. The highest BCUT2D eigenvalue weighted by molar-refractivity contribution is 7.91. The number of sulfone groups is 1. The molecule has 0 fully saturated rings. The number of carbonyl (C=O) groups is 1. The van der Waals surface area contributed by atoms with E-state index in [0.717, 1.165) is 0 Å². The minimum atomic E-state index is -3.56. The molecule has 1 aromatic rings. The first kappa shape index (κ1) is 13.3. The van der Waals surface area contributed by atoms with E-state index in [1.165, 1.54) is 19.1 Å². The van der Waals surface area contributed by atoms with Crippen LogP contribution in [0.5, 0.6) is 0 Å². The molecule has 16 heavy (non-hydrogen) atoms. The van der Waals surface area contributed by atoms with Crippen molar-refractivity contribution in [3.05, 3.63) is 27.7 Å². The normalized spacial score (nSPS) is 11.4. The number of hydrogen-bond acceptors (Lipinski definition) is 3. The van der Waals surface area contributed by atoms with E-state index in [0.29, 0.717) is 0 Å². The lowest BCUT2D eigenvalue weighted by molar-refractivity contribution is 0.0697. The molecule has 88 valence electrons. The van der Waals surface area contributed by atoms with E-state index < -0.39 is 21.4 Å². The molecule has 0 radical (unpaired) electrons. The Balaban J connectivity index is 3.59. The maximum absolute atomic E-state index is 11.6. The van der Waals surface area contributed by atoms with Crippen molar-refractivity contribution in [2.24, 2.45) is 0 Å². The summed E-state index contributed by atoms with van der Waals surface area (Å²) >= 11 is 11.4. The van der Waals surface area contributed by atoms with Crippen molar-refractivity contribution in [3.63, 3.8) is 0 Å². The van der Waals surface area contributed by atoms with Crippen molar-refractivity contribution in [2.75, 3.05) is 5.75 Å². The first-order chi connectivity index (χ1) is 7.31. The van der Waals surface area contributed by atoms with E-state index in [1.54, 1.807) is 0 Å². The number of benzene rings is 1. The van der Waals surface area contributed by atoms with Crippen LogP contribution >= 0.6 is 23.2 Å². The molecule has 0 aliphatic heterocycles. The van der Waals surface area contributed by atoms with Gasteiger partial charge in [-0.25, -0.2) is 13.2 Å². The van der Waals surface area contributed by atoms with Crippen molar-refractivity contribution >= 4 is 39.0 Å². The van der Waals surface area contributed by atoms with E-state index in [4.69, 9.17) is 28.3 Å². The molecule has 0 atom stereocenters. The third-order valence-corrected chi connectivity index (χ3v) is 4.57. The lowest BCUT2D eigenvalue weighted by Gasteiger charge is -2.08. The molecular weight excluding hydrogens is 275 g/mol. The zero-order valence-electron chi connectivity index (χ0n) is 8.20. The van der Waals surface area contributed by atoms with Crippen molar-refractivity contribution in [2.45, 2.75) is 11.8 Å². The molecule has 7 heteroatoms. The van der Waals surface area contributed by atoms with E-state index in [-0.39, 0.29) is 20.7 Å². The highest BCUT2D eigenvalue weighted by Crippen LogP contribution is 2.31. The maximum atomic E-state index is 11.6. The molecule has 4 nitrogen and oxygen atoms in total. The Hall–Kier alpha value is -0.780. The molecule has 0 unspecified atom stereocenters. The van der Waals surface area contributed by atoms with Gasteiger partial charge < -0.3 is 5.11 Å². The topological polar surface area (TPSA) is 71.4 Å². The second-order valence-electron chi connectivity index (χ2n) is 2.94. The summed E-state index contributed by atoms with van der Waals surface area (Å²) in [5, 5.41) is 8.41. The molecule has 0 spiro atoms. The van der Waals surface area contributed by atoms with Gasteiger partial charge >= 0.3 is 5.97 Å². The zero-order valence-corrected chi connectivity index (χ0v) is 10.5. The second-order valence-corrected chi connectivity index (χ2v) is 5.97. The molecule has 1 N–H and O–H groups in total. The Bertz CT molecular complexity index is 537. The van der Waals surface area contributed by atoms with Gasteiger partial charge in [0.2, 0.25) is 0 Å². The van der Waals surface area contributed by atoms with Crippen LogP contribution in [0.2, 0.25) is 10.0 Å². The number of carboxylic acids is 1. The van der Waals surface area contributed by atoms with E-state index in [2.05, 4.69) is 0 Å². The van der Waals surface area contributed by atoms with Gasteiger partial charge in [0.15, 0.2) is 9.84 Å². The minimum Gasteiger partial charge on any atom is -0.478 e. The number of halogens is 2. The molecule has 0 saturated heterocycles. The van der Waals surface area contributed by atoms with E-state index in [1.807, 2.05) is 0 Å². The fourth-order valence-electron chi connectivity index (χ4n) is 1.13. The molecule has 0 aliphatic carbocycles. The van der Waals surface area contributed by atoms with Crippen molar-refractivity contribution in [1.29, 1.82) is 0 Å². The van der Waals surface area contributed by atoms with Gasteiger partial charge in [-0.2, -0.15) is 0 Å².